The molecule has 2 aromatic carbocycles. The highest BCUT2D eigenvalue weighted by Crippen LogP contribution is 2.45. The molecule has 3 nitrogen and oxygen atoms in total. The second-order valence-electron chi connectivity index (χ2n) is 8.17. The summed E-state index contributed by atoms with van der Waals surface area (Å²) in [7, 11) is 0. The Hall–Kier alpha value is -2.17. The van der Waals surface area contributed by atoms with Crippen molar-refractivity contribution in [3.05, 3.63) is 70.5 Å². The minimum absolute atomic E-state index is 0.0603. The number of halogens is 2. The lowest BCUT2D eigenvalue weighted by molar-refractivity contribution is -0.143. The lowest BCUT2D eigenvalue weighted by atomic mass is 9.90. The van der Waals surface area contributed by atoms with Crippen LogP contribution in [0.15, 0.2) is 43.0 Å². The van der Waals surface area contributed by atoms with Gasteiger partial charge in [0.2, 0.25) is 0 Å². The summed E-state index contributed by atoms with van der Waals surface area (Å²) in [5, 5.41) is 0.638. The molecule has 0 aromatic heterocycles. The number of unbranched alkanes of at least 4 members (excludes halogenated alkanes) is 2. The maximum Gasteiger partial charge on any atom is 0.307 e. The normalized spacial score (nSPS) is 14.3. The van der Waals surface area contributed by atoms with E-state index in [2.05, 4.69) is 12.6 Å². The second-order valence-corrected chi connectivity index (χ2v) is 8.57. The summed E-state index contributed by atoms with van der Waals surface area (Å²) in [6, 6.07) is 8.81. The Morgan fingerprint density at radius 3 is 2.81 bits per heavy atom. The van der Waals surface area contributed by atoms with Crippen molar-refractivity contribution in [1.82, 2.24) is 0 Å². The lowest BCUT2D eigenvalue weighted by Crippen LogP contribution is -2.19. The summed E-state index contributed by atoms with van der Waals surface area (Å²) >= 11 is 6.63. The molecule has 0 bridgehead atoms. The van der Waals surface area contributed by atoms with Gasteiger partial charge in [0.05, 0.1) is 13.0 Å². The SMILES string of the molecule is C=CCCCCc1cccc(Cl)c1-c1cc(C2CC2)c(F)c([C@@H](N)CC(=O)OCC)c1. The van der Waals surface area contributed by atoms with Crippen LogP contribution in [0.3, 0.4) is 0 Å². The van der Waals surface area contributed by atoms with E-state index in [9.17, 15) is 4.79 Å². The van der Waals surface area contributed by atoms with Crippen molar-refractivity contribution in [2.24, 2.45) is 5.73 Å². The van der Waals surface area contributed by atoms with Crippen LogP contribution in [-0.2, 0) is 16.0 Å². The highest BCUT2D eigenvalue weighted by Gasteiger charge is 2.30. The Labute approximate surface area is 189 Å². The standard InChI is InChI=1S/C26H31ClFNO2/c1-3-5-6-7-9-18-10-8-11-22(27)25(18)19-14-20(17-12-13-17)26(28)21(15-19)23(29)16-24(30)31-4-2/h3,8,10-11,14-15,17,23H,1,4-7,9,12-13,16,29H2,2H3/t23-/m0/s1. The molecule has 1 saturated carbocycles. The molecule has 2 N–H and O–H groups in total. The van der Waals surface area contributed by atoms with Crippen molar-refractivity contribution in [3.8, 4) is 11.1 Å². The molecule has 166 valence electrons. The number of nitrogens with two attached hydrogens (primary N) is 1. The predicted octanol–water partition coefficient (Wildman–Crippen LogP) is 6.88. The summed E-state index contributed by atoms with van der Waals surface area (Å²) in [5.74, 6) is -0.525. The fourth-order valence-electron chi connectivity index (χ4n) is 3.99. The van der Waals surface area contributed by atoms with Crippen LogP contribution in [0.2, 0.25) is 5.02 Å². The number of ether oxygens (including phenoxy) is 1. The van der Waals surface area contributed by atoms with Gasteiger partial charge in [-0.15, -0.1) is 6.58 Å². The van der Waals surface area contributed by atoms with E-state index in [-0.39, 0.29) is 24.8 Å². The van der Waals surface area contributed by atoms with Crippen molar-refractivity contribution >= 4 is 17.6 Å². The maximum atomic E-state index is 15.4. The van der Waals surface area contributed by atoms with E-state index >= 15 is 4.39 Å². The van der Waals surface area contributed by atoms with Gasteiger partial charge >= 0.3 is 5.97 Å². The molecule has 0 saturated heterocycles. The van der Waals surface area contributed by atoms with E-state index in [1.54, 1.807) is 13.0 Å². The Morgan fingerprint density at radius 1 is 1.35 bits per heavy atom. The van der Waals surface area contributed by atoms with Crippen LogP contribution < -0.4 is 5.73 Å². The molecule has 1 fully saturated rings. The number of allylic oxidation sites excluding steroid dienone is 1. The first-order valence-electron chi connectivity index (χ1n) is 11.1. The largest absolute Gasteiger partial charge is 0.466 e. The van der Waals surface area contributed by atoms with Gasteiger partial charge in [-0.2, -0.15) is 0 Å². The Balaban J connectivity index is 2.00. The summed E-state index contributed by atoms with van der Waals surface area (Å²) in [6.45, 7) is 5.80. The van der Waals surface area contributed by atoms with Gasteiger partial charge in [0, 0.05) is 22.2 Å². The number of carbonyl (C=O) groups excluding carboxylic acids is 1. The molecule has 0 heterocycles. The number of hydrogen-bond donors (Lipinski definition) is 1. The number of aryl methyl sites for hydroxylation is 1. The molecule has 0 spiro atoms. The van der Waals surface area contributed by atoms with Crippen LogP contribution in [0.1, 0.15) is 74.1 Å². The zero-order valence-electron chi connectivity index (χ0n) is 18.1. The van der Waals surface area contributed by atoms with Gasteiger partial charge in [-0.25, -0.2) is 4.39 Å². The summed E-state index contributed by atoms with van der Waals surface area (Å²) in [5.41, 5.74) is 10.2. The predicted molar refractivity (Wildman–Crippen MR) is 125 cm³/mol. The topological polar surface area (TPSA) is 52.3 Å². The van der Waals surface area contributed by atoms with Crippen molar-refractivity contribution in [3.63, 3.8) is 0 Å². The molecule has 0 aliphatic heterocycles. The van der Waals surface area contributed by atoms with Crippen LogP contribution in [-0.4, -0.2) is 12.6 Å². The van der Waals surface area contributed by atoms with Crippen molar-refractivity contribution in [2.75, 3.05) is 6.61 Å². The Kier molecular flexibility index (Phi) is 8.28. The zero-order valence-corrected chi connectivity index (χ0v) is 18.9. The van der Waals surface area contributed by atoms with Crippen LogP contribution in [0.5, 0.6) is 0 Å². The molecule has 3 rings (SSSR count). The van der Waals surface area contributed by atoms with E-state index in [1.807, 2.05) is 24.3 Å². The number of benzene rings is 2. The van der Waals surface area contributed by atoms with Gasteiger partial charge in [0.15, 0.2) is 0 Å². The highest BCUT2D eigenvalue weighted by molar-refractivity contribution is 6.33. The van der Waals surface area contributed by atoms with E-state index in [1.165, 1.54) is 0 Å². The average Bonchev–Trinajstić information content (AvgIpc) is 3.57. The van der Waals surface area contributed by atoms with Crippen LogP contribution in [0.4, 0.5) is 4.39 Å². The van der Waals surface area contributed by atoms with Gasteiger partial charge in [-0.1, -0.05) is 29.8 Å². The minimum Gasteiger partial charge on any atom is -0.466 e. The third-order valence-electron chi connectivity index (χ3n) is 5.73. The first kappa shape index (κ1) is 23.5. The molecule has 1 aliphatic rings. The monoisotopic (exact) mass is 443 g/mol. The molecule has 1 aliphatic carbocycles. The molecule has 5 heteroatoms. The van der Waals surface area contributed by atoms with Crippen LogP contribution in [0, 0.1) is 5.82 Å². The van der Waals surface area contributed by atoms with Gasteiger partial charge in [-0.3, -0.25) is 4.79 Å². The van der Waals surface area contributed by atoms with Crippen LogP contribution in [0.25, 0.3) is 11.1 Å². The fourth-order valence-corrected chi connectivity index (χ4v) is 4.29. The quantitative estimate of drug-likeness (QED) is 0.234. The fraction of sp³-hybridized carbons (Fsp3) is 0.423. The van der Waals surface area contributed by atoms with Gasteiger partial charge in [0.25, 0.3) is 0 Å². The van der Waals surface area contributed by atoms with Crippen molar-refractivity contribution in [2.45, 2.75) is 63.8 Å². The maximum absolute atomic E-state index is 15.4. The van der Waals surface area contributed by atoms with Crippen LogP contribution >= 0.6 is 11.6 Å². The van der Waals surface area contributed by atoms with E-state index in [0.29, 0.717) is 16.1 Å². The van der Waals surface area contributed by atoms with Crippen molar-refractivity contribution < 1.29 is 13.9 Å². The van der Waals surface area contributed by atoms with Gasteiger partial charge in [-0.05, 0) is 86.3 Å². The summed E-state index contributed by atoms with van der Waals surface area (Å²) in [4.78, 5) is 12.0. The number of esters is 1. The highest BCUT2D eigenvalue weighted by atomic mass is 35.5. The first-order chi connectivity index (χ1) is 15.0. The molecule has 0 unspecified atom stereocenters. The molecule has 0 radical (unpaired) electrons. The zero-order chi connectivity index (χ0) is 22.4. The molecular formula is C26H31ClFNO2. The third kappa shape index (κ3) is 5.96. The van der Waals surface area contributed by atoms with Gasteiger partial charge in [0.1, 0.15) is 5.82 Å². The number of hydrogen-bond acceptors (Lipinski definition) is 3. The average molecular weight is 444 g/mol. The molecule has 0 amide bonds. The lowest BCUT2D eigenvalue weighted by Gasteiger charge is -2.19. The smallest absolute Gasteiger partial charge is 0.307 e. The Morgan fingerprint density at radius 2 is 2.13 bits per heavy atom. The third-order valence-corrected chi connectivity index (χ3v) is 6.05. The molecule has 31 heavy (non-hydrogen) atoms. The van der Waals surface area contributed by atoms with Crippen molar-refractivity contribution in [1.29, 1.82) is 0 Å². The number of carbonyl (C=O) groups is 1. The Bertz CT molecular complexity index is 939. The van der Waals surface area contributed by atoms with E-state index in [0.717, 1.165) is 55.2 Å². The second kappa shape index (κ2) is 10.9. The first-order valence-corrected chi connectivity index (χ1v) is 11.5. The minimum atomic E-state index is -0.768. The van der Waals surface area contributed by atoms with E-state index < -0.39 is 12.0 Å². The van der Waals surface area contributed by atoms with Gasteiger partial charge < -0.3 is 10.5 Å². The molecule has 1 atom stereocenters. The summed E-state index contributed by atoms with van der Waals surface area (Å²) < 4.78 is 20.4. The number of rotatable bonds is 11. The summed E-state index contributed by atoms with van der Waals surface area (Å²) in [6.07, 6.45) is 7.73. The molecular weight excluding hydrogens is 413 g/mol. The van der Waals surface area contributed by atoms with E-state index in [4.69, 9.17) is 22.1 Å². The molecule has 2 aromatic rings.